The summed E-state index contributed by atoms with van der Waals surface area (Å²) in [6, 6.07) is 7.23. The lowest BCUT2D eigenvalue weighted by atomic mass is 10.1. The number of nitrogens with zero attached hydrogens (tertiary/aromatic N) is 1. The molecule has 1 fully saturated rings. The Balaban J connectivity index is 1.92. The van der Waals surface area contributed by atoms with Gasteiger partial charge in [-0.05, 0) is 24.1 Å². The number of ether oxygens (including phenoxy) is 1. The molecule has 1 amide bonds. The molecule has 1 aliphatic rings. The molecular formula is C13H18N2O2S. The average Bonchev–Trinajstić information content (AvgIpc) is 2.92. The lowest BCUT2D eigenvalue weighted by molar-refractivity contribution is -0.131. The van der Waals surface area contributed by atoms with E-state index in [-0.39, 0.29) is 5.91 Å². The number of methoxy groups -OCH3 is 1. The predicted octanol–water partition coefficient (Wildman–Crippen LogP) is 1.10. The van der Waals surface area contributed by atoms with Gasteiger partial charge in [-0.2, -0.15) is 0 Å². The van der Waals surface area contributed by atoms with Crippen molar-refractivity contribution in [1.29, 1.82) is 0 Å². The quantitative estimate of drug-likeness (QED) is 0.886. The van der Waals surface area contributed by atoms with E-state index in [9.17, 15) is 4.79 Å². The largest absolute Gasteiger partial charge is 0.497 e. The third kappa shape index (κ3) is 3.17. The van der Waals surface area contributed by atoms with E-state index in [0.29, 0.717) is 6.42 Å². The van der Waals surface area contributed by atoms with E-state index >= 15 is 0 Å². The van der Waals surface area contributed by atoms with E-state index in [1.165, 1.54) is 0 Å². The molecule has 0 radical (unpaired) electrons. The number of rotatable bonds is 4. The molecule has 0 bridgehead atoms. The Hall–Kier alpha value is -1.20. The molecule has 1 heterocycles. The van der Waals surface area contributed by atoms with Gasteiger partial charge in [0.15, 0.2) is 0 Å². The molecule has 1 saturated heterocycles. The summed E-state index contributed by atoms with van der Waals surface area (Å²) in [7, 11) is 1.63. The summed E-state index contributed by atoms with van der Waals surface area (Å²) in [5, 5.41) is 0. The number of amides is 1. The van der Waals surface area contributed by atoms with Crippen molar-refractivity contribution in [3.05, 3.63) is 29.8 Å². The Kier molecular flexibility index (Phi) is 4.49. The molecule has 2 rings (SSSR count). The maximum absolute atomic E-state index is 12.0. The van der Waals surface area contributed by atoms with Gasteiger partial charge in [0, 0.05) is 12.3 Å². The lowest BCUT2D eigenvalue weighted by Crippen LogP contribution is -2.43. The summed E-state index contributed by atoms with van der Waals surface area (Å²) in [5.74, 6) is 2.65. The van der Waals surface area contributed by atoms with Crippen LogP contribution in [-0.2, 0) is 11.2 Å². The van der Waals surface area contributed by atoms with Gasteiger partial charge in [-0.15, -0.1) is 11.8 Å². The third-order valence-corrected chi connectivity index (χ3v) is 3.96. The predicted molar refractivity (Wildman–Crippen MR) is 73.7 cm³/mol. The zero-order valence-electron chi connectivity index (χ0n) is 10.5. The zero-order chi connectivity index (χ0) is 13.0. The van der Waals surface area contributed by atoms with E-state index in [0.717, 1.165) is 29.5 Å². The summed E-state index contributed by atoms with van der Waals surface area (Å²) in [5.41, 5.74) is 7.03. The van der Waals surface area contributed by atoms with Gasteiger partial charge in [0.1, 0.15) is 5.75 Å². The van der Waals surface area contributed by atoms with Gasteiger partial charge in [-0.25, -0.2) is 0 Å². The monoisotopic (exact) mass is 266 g/mol. The number of carbonyl (C=O) groups is 1. The molecule has 2 N–H and O–H groups in total. The smallest absolute Gasteiger partial charge is 0.240 e. The molecule has 1 aliphatic heterocycles. The van der Waals surface area contributed by atoms with Crippen LogP contribution < -0.4 is 10.5 Å². The molecule has 0 unspecified atom stereocenters. The zero-order valence-corrected chi connectivity index (χ0v) is 11.3. The minimum atomic E-state index is -0.447. The topological polar surface area (TPSA) is 55.6 Å². The summed E-state index contributed by atoms with van der Waals surface area (Å²) < 4.78 is 5.09. The molecule has 0 aromatic heterocycles. The molecule has 1 aromatic carbocycles. The van der Waals surface area contributed by atoms with Crippen LogP contribution in [0.3, 0.4) is 0 Å². The normalized spacial score (nSPS) is 16.7. The van der Waals surface area contributed by atoms with E-state index in [4.69, 9.17) is 10.5 Å². The highest BCUT2D eigenvalue weighted by molar-refractivity contribution is 7.99. The molecule has 0 spiro atoms. The molecule has 5 heteroatoms. The van der Waals surface area contributed by atoms with Gasteiger partial charge in [0.25, 0.3) is 0 Å². The van der Waals surface area contributed by atoms with Crippen LogP contribution in [-0.4, -0.2) is 42.1 Å². The third-order valence-electron chi connectivity index (χ3n) is 3.00. The summed E-state index contributed by atoms with van der Waals surface area (Å²) >= 11 is 1.77. The first-order valence-corrected chi connectivity index (χ1v) is 7.11. The van der Waals surface area contributed by atoms with Crippen LogP contribution in [0, 0.1) is 0 Å². The van der Waals surface area contributed by atoms with Crippen LogP contribution in [0.25, 0.3) is 0 Å². The first kappa shape index (κ1) is 13.2. The minimum Gasteiger partial charge on any atom is -0.497 e. The highest BCUT2D eigenvalue weighted by Crippen LogP contribution is 2.16. The van der Waals surface area contributed by atoms with Crippen molar-refractivity contribution in [2.75, 3.05) is 25.3 Å². The van der Waals surface area contributed by atoms with Crippen molar-refractivity contribution >= 4 is 17.7 Å². The fourth-order valence-corrected chi connectivity index (χ4v) is 2.88. The van der Waals surface area contributed by atoms with Crippen molar-refractivity contribution < 1.29 is 9.53 Å². The Morgan fingerprint density at radius 1 is 1.50 bits per heavy atom. The number of carbonyl (C=O) groups excluding carboxylic acids is 1. The van der Waals surface area contributed by atoms with Gasteiger partial charge in [0.05, 0.1) is 19.0 Å². The van der Waals surface area contributed by atoms with Crippen LogP contribution in [0.5, 0.6) is 5.75 Å². The van der Waals surface area contributed by atoms with Crippen molar-refractivity contribution in [3.63, 3.8) is 0 Å². The molecule has 4 nitrogen and oxygen atoms in total. The molecule has 0 saturated carbocycles. The lowest BCUT2D eigenvalue weighted by Gasteiger charge is -2.19. The van der Waals surface area contributed by atoms with Gasteiger partial charge >= 0.3 is 0 Å². The maximum Gasteiger partial charge on any atom is 0.240 e. The molecule has 1 aromatic rings. The number of hydrogen-bond donors (Lipinski definition) is 1. The van der Waals surface area contributed by atoms with Crippen LogP contribution >= 0.6 is 11.8 Å². The second-order valence-electron chi connectivity index (χ2n) is 4.30. The van der Waals surface area contributed by atoms with E-state index in [1.54, 1.807) is 18.9 Å². The second kappa shape index (κ2) is 6.11. The number of nitrogens with two attached hydrogens (primary N) is 1. The Morgan fingerprint density at radius 3 is 2.78 bits per heavy atom. The van der Waals surface area contributed by atoms with E-state index < -0.39 is 6.04 Å². The molecule has 0 aliphatic carbocycles. The van der Waals surface area contributed by atoms with Gasteiger partial charge < -0.3 is 15.4 Å². The van der Waals surface area contributed by atoms with Gasteiger partial charge in [-0.1, -0.05) is 12.1 Å². The number of hydrogen-bond acceptors (Lipinski definition) is 4. The van der Waals surface area contributed by atoms with Crippen molar-refractivity contribution in [2.24, 2.45) is 5.73 Å². The fourth-order valence-electron chi connectivity index (χ4n) is 1.93. The maximum atomic E-state index is 12.0. The summed E-state index contributed by atoms with van der Waals surface area (Å²) in [6.45, 7) is 0.819. The fraction of sp³-hybridized carbons (Fsp3) is 0.462. The Bertz CT molecular complexity index is 402. The standard InChI is InChI=1S/C13H18N2O2S/c1-17-11-4-2-10(3-5-11)8-12(14)13(16)15-6-7-18-9-15/h2-5,12H,6-9,14H2,1H3/t12-/m0/s1. The second-order valence-corrected chi connectivity index (χ2v) is 5.37. The first-order valence-electron chi connectivity index (χ1n) is 5.96. The van der Waals surface area contributed by atoms with E-state index in [2.05, 4.69) is 0 Å². The number of benzene rings is 1. The highest BCUT2D eigenvalue weighted by Gasteiger charge is 2.23. The van der Waals surface area contributed by atoms with Gasteiger partial charge in [-0.3, -0.25) is 4.79 Å². The van der Waals surface area contributed by atoms with Crippen LogP contribution in [0.15, 0.2) is 24.3 Å². The number of thioether (sulfide) groups is 1. The van der Waals surface area contributed by atoms with Gasteiger partial charge in [0.2, 0.25) is 5.91 Å². The average molecular weight is 266 g/mol. The van der Waals surface area contributed by atoms with Crippen molar-refractivity contribution in [3.8, 4) is 5.75 Å². The van der Waals surface area contributed by atoms with Crippen molar-refractivity contribution in [2.45, 2.75) is 12.5 Å². The van der Waals surface area contributed by atoms with Crippen LogP contribution in [0.2, 0.25) is 0 Å². The van der Waals surface area contributed by atoms with E-state index in [1.807, 2.05) is 29.2 Å². The summed E-state index contributed by atoms with van der Waals surface area (Å²) in [6.07, 6.45) is 0.573. The minimum absolute atomic E-state index is 0.0517. The summed E-state index contributed by atoms with van der Waals surface area (Å²) in [4.78, 5) is 13.9. The Labute approximate surface area is 111 Å². The molecule has 18 heavy (non-hydrogen) atoms. The highest BCUT2D eigenvalue weighted by atomic mass is 32.2. The molecular weight excluding hydrogens is 248 g/mol. The van der Waals surface area contributed by atoms with Crippen LogP contribution in [0.1, 0.15) is 5.56 Å². The van der Waals surface area contributed by atoms with Crippen molar-refractivity contribution in [1.82, 2.24) is 4.90 Å². The van der Waals surface area contributed by atoms with Crippen LogP contribution in [0.4, 0.5) is 0 Å². The molecule has 1 atom stereocenters. The first-order chi connectivity index (χ1) is 8.70. The Morgan fingerprint density at radius 2 is 2.22 bits per heavy atom. The molecule has 98 valence electrons. The SMILES string of the molecule is COc1ccc(C[C@H](N)C(=O)N2CCSC2)cc1.